The Morgan fingerprint density at radius 2 is 1.00 bits per heavy atom. The van der Waals surface area contributed by atoms with Crippen molar-refractivity contribution < 1.29 is 0 Å². The van der Waals surface area contributed by atoms with Crippen molar-refractivity contribution in [3.63, 3.8) is 0 Å². The Morgan fingerprint density at radius 1 is 0.395 bits per heavy atom. The van der Waals surface area contributed by atoms with Crippen molar-refractivity contribution in [2.75, 3.05) is 0 Å². The Balaban J connectivity index is 1.24. The first-order valence-electron chi connectivity index (χ1n) is 12.8. The van der Waals surface area contributed by atoms with Crippen LogP contribution in [0.2, 0.25) is 0 Å². The highest BCUT2D eigenvalue weighted by atomic mass is 14.8. The fraction of sp³-hybridized carbons (Fsp3) is 0. The van der Waals surface area contributed by atoms with Crippen LogP contribution < -0.4 is 0 Å². The average molecular weight is 484 g/mol. The number of benzene rings is 5. The molecule has 0 fully saturated rings. The average Bonchev–Trinajstić information content (AvgIpc) is 3.01. The highest BCUT2D eigenvalue weighted by Crippen LogP contribution is 2.37. The lowest BCUT2D eigenvalue weighted by molar-refractivity contribution is 1.27. The van der Waals surface area contributed by atoms with Crippen LogP contribution in [0.25, 0.3) is 76.6 Å². The molecule has 38 heavy (non-hydrogen) atoms. The van der Waals surface area contributed by atoms with Gasteiger partial charge in [0.05, 0.1) is 22.4 Å². The third-order valence-electron chi connectivity index (χ3n) is 7.54. The molecule has 0 saturated heterocycles. The first-order valence-corrected chi connectivity index (χ1v) is 12.8. The summed E-state index contributed by atoms with van der Waals surface area (Å²) in [6.07, 6.45) is 3.77. The minimum absolute atomic E-state index is 0.846. The summed E-state index contributed by atoms with van der Waals surface area (Å²) in [7, 11) is 0. The van der Waals surface area contributed by atoms with Crippen LogP contribution in [0.4, 0.5) is 0 Å². The SMILES string of the molecule is c1cnc2c(c1)ccc1ccc(-c3ccc(-c4ccc5c6ccccc6c6ccccc6c5c4)cn3)nc12. The van der Waals surface area contributed by atoms with Crippen LogP contribution in [-0.4, -0.2) is 15.0 Å². The molecule has 0 aliphatic carbocycles. The van der Waals surface area contributed by atoms with Gasteiger partial charge in [-0.3, -0.25) is 9.97 Å². The maximum atomic E-state index is 4.96. The van der Waals surface area contributed by atoms with Crippen molar-refractivity contribution >= 4 is 54.1 Å². The smallest absolute Gasteiger partial charge is 0.0972 e. The van der Waals surface area contributed by atoms with E-state index >= 15 is 0 Å². The number of fused-ring (bicyclic) bond motifs is 9. The van der Waals surface area contributed by atoms with Crippen LogP contribution in [0.3, 0.4) is 0 Å². The maximum Gasteiger partial charge on any atom is 0.0972 e. The standard InChI is InChI=1S/C35H21N3/c1-2-9-28-26(7-1)27-8-3-4-10-29(27)31-20-24(13-16-30(28)31)25-15-17-32(37-21-25)33-18-14-23-12-11-22-6-5-19-36-34(22)35(23)38-33/h1-21H. The summed E-state index contributed by atoms with van der Waals surface area (Å²) in [4.78, 5) is 14.4. The normalized spacial score (nSPS) is 11.7. The summed E-state index contributed by atoms with van der Waals surface area (Å²) in [6, 6.07) is 40.6. The zero-order valence-corrected chi connectivity index (χ0v) is 20.5. The first-order chi connectivity index (χ1) is 18.8. The molecule has 0 spiro atoms. The largest absolute Gasteiger partial charge is 0.254 e. The van der Waals surface area contributed by atoms with Crippen LogP contribution in [0.15, 0.2) is 128 Å². The quantitative estimate of drug-likeness (QED) is 0.230. The van der Waals surface area contributed by atoms with Gasteiger partial charge in [0.1, 0.15) is 0 Å². The van der Waals surface area contributed by atoms with Gasteiger partial charge in [-0.15, -0.1) is 0 Å². The summed E-state index contributed by atoms with van der Waals surface area (Å²) in [5, 5.41) is 9.83. The summed E-state index contributed by atoms with van der Waals surface area (Å²) < 4.78 is 0. The molecule has 0 N–H and O–H groups in total. The van der Waals surface area contributed by atoms with Gasteiger partial charge in [0.25, 0.3) is 0 Å². The van der Waals surface area contributed by atoms with Crippen molar-refractivity contribution in [2.24, 2.45) is 0 Å². The molecule has 0 saturated carbocycles. The van der Waals surface area contributed by atoms with Crippen molar-refractivity contribution in [3.8, 4) is 22.5 Å². The van der Waals surface area contributed by atoms with Crippen molar-refractivity contribution in [1.82, 2.24) is 15.0 Å². The Kier molecular flexibility index (Phi) is 4.52. The number of pyridine rings is 3. The Hall–Kier alpha value is -5.15. The minimum Gasteiger partial charge on any atom is -0.254 e. The molecule has 0 aliphatic heterocycles. The molecule has 3 heteroatoms. The molecule has 176 valence electrons. The molecular formula is C35H21N3. The molecule has 0 unspecified atom stereocenters. The van der Waals surface area contributed by atoms with Crippen molar-refractivity contribution in [3.05, 3.63) is 128 Å². The van der Waals surface area contributed by atoms with E-state index in [1.54, 1.807) is 0 Å². The zero-order chi connectivity index (χ0) is 25.1. The van der Waals surface area contributed by atoms with Crippen LogP contribution in [0, 0.1) is 0 Å². The van der Waals surface area contributed by atoms with Crippen LogP contribution in [0.1, 0.15) is 0 Å². The molecule has 8 aromatic rings. The number of hydrogen-bond donors (Lipinski definition) is 0. The second-order valence-corrected chi connectivity index (χ2v) is 9.69. The third-order valence-corrected chi connectivity index (χ3v) is 7.54. The van der Waals surface area contributed by atoms with Crippen molar-refractivity contribution in [2.45, 2.75) is 0 Å². The molecule has 5 aromatic carbocycles. The monoisotopic (exact) mass is 483 g/mol. The predicted octanol–water partition coefficient (Wildman–Crippen LogP) is 8.97. The Bertz CT molecular complexity index is 2140. The van der Waals surface area contributed by atoms with Gasteiger partial charge in [0, 0.05) is 28.7 Å². The third kappa shape index (κ3) is 3.19. The van der Waals surface area contributed by atoms with Crippen molar-refractivity contribution in [1.29, 1.82) is 0 Å². The van der Waals surface area contributed by atoms with E-state index in [4.69, 9.17) is 9.97 Å². The molecule has 0 bridgehead atoms. The Morgan fingerprint density at radius 3 is 1.71 bits per heavy atom. The fourth-order valence-corrected chi connectivity index (χ4v) is 5.67. The van der Waals surface area contributed by atoms with E-state index < -0.39 is 0 Å². The molecule has 3 nitrogen and oxygen atoms in total. The van der Waals surface area contributed by atoms with E-state index in [1.165, 1.54) is 32.3 Å². The predicted molar refractivity (Wildman–Crippen MR) is 158 cm³/mol. The lowest BCUT2D eigenvalue weighted by Crippen LogP contribution is -1.91. The summed E-state index contributed by atoms with van der Waals surface area (Å²) >= 11 is 0. The van der Waals surface area contributed by atoms with Gasteiger partial charge in [0.2, 0.25) is 0 Å². The van der Waals surface area contributed by atoms with Crippen LogP contribution in [0.5, 0.6) is 0 Å². The molecule has 0 aliphatic rings. The van der Waals surface area contributed by atoms with Gasteiger partial charge in [-0.2, -0.15) is 0 Å². The summed E-state index contributed by atoms with van der Waals surface area (Å²) in [6.45, 7) is 0. The maximum absolute atomic E-state index is 4.96. The lowest BCUT2D eigenvalue weighted by Gasteiger charge is -2.12. The molecule has 0 atom stereocenters. The van der Waals surface area contributed by atoms with Gasteiger partial charge >= 0.3 is 0 Å². The number of hydrogen-bond acceptors (Lipinski definition) is 3. The van der Waals surface area contributed by atoms with E-state index in [1.807, 2.05) is 24.5 Å². The molecule has 0 amide bonds. The van der Waals surface area contributed by atoms with E-state index in [0.717, 1.165) is 44.3 Å². The highest BCUT2D eigenvalue weighted by molar-refractivity contribution is 6.25. The van der Waals surface area contributed by atoms with Gasteiger partial charge in [-0.25, -0.2) is 4.98 Å². The van der Waals surface area contributed by atoms with E-state index in [2.05, 4.69) is 108 Å². The minimum atomic E-state index is 0.846. The van der Waals surface area contributed by atoms with Gasteiger partial charge < -0.3 is 0 Å². The Labute approximate surface area is 219 Å². The van der Waals surface area contributed by atoms with E-state index in [9.17, 15) is 0 Å². The van der Waals surface area contributed by atoms with Gasteiger partial charge in [0.15, 0.2) is 0 Å². The topological polar surface area (TPSA) is 38.7 Å². The molecule has 3 heterocycles. The highest BCUT2D eigenvalue weighted by Gasteiger charge is 2.11. The van der Waals surface area contributed by atoms with Crippen LogP contribution in [-0.2, 0) is 0 Å². The molecule has 0 radical (unpaired) electrons. The summed E-state index contributed by atoms with van der Waals surface area (Å²) in [5.74, 6) is 0. The second-order valence-electron chi connectivity index (χ2n) is 9.69. The lowest BCUT2D eigenvalue weighted by atomic mass is 9.92. The molecule has 3 aromatic heterocycles. The van der Waals surface area contributed by atoms with Gasteiger partial charge in [-0.1, -0.05) is 91.0 Å². The molecule has 8 rings (SSSR count). The van der Waals surface area contributed by atoms with E-state index in [-0.39, 0.29) is 0 Å². The number of nitrogens with zero attached hydrogens (tertiary/aromatic N) is 3. The first kappa shape index (κ1) is 21.0. The fourth-order valence-electron chi connectivity index (χ4n) is 5.67. The van der Waals surface area contributed by atoms with E-state index in [0.29, 0.717) is 0 Å². The molecular weight excluding hydrogens is 462 g/mol. The zero-order valence-electron chi connectivity index (χ0n) is 20.5. The summed E-state index contributed by atoms with van der Waals surface area (Å²) in [5.41, 5.74) is 5.75. The van der Waals surface area contributed by atoms with Crippen LogP contribution >= 0.6 is 0 Å². The second kappa shape index (κ2) is 8.19. The van der Waals surface area contributed by atoms with Gasteiger partial charge in [-0.05, 0) is 62.1 Å². The number of aromatic nitrogens is 3. The number of rotatable bonds is 2.